The second-order valence-corrected chi connectivity index (χ2v) is 8.28. The van der Waals surface area contributed by atoms with Gasteiger partial charge in [0.2, 0.25) is 0 Å². The molecule has 0 spiro atoms. The fourth-order valence-electron chi connectivity index (χ4n) is 4.26. The van der Waals surface area contributed by atoms with Crippen LogP contribution in [0.3, 0.4) is 0 Å². The Hall–Kier alpha value is -4.63. The standard InChI is InChI=1S/C29H25N5O/c1-4-35-24-14-15-25(20(2)16-24)28-22(19-34(32-28)23-10-6-5-7-11-23)17-21(18-30)29-31-26-12-8-9-13-27(26)33(29)3/h5-17,19H,4H2,1-3H3/b21-17+. The van der Waals surface area contributed by atoms with Gasteiger partial charge in [-0.15, -0.1) is 0 Å². The zero-order chi connectivity index (χ0) is 24.4. The molecular weight excluding hydrogens is 434 g/mol. The summed E-state index contributed by atoms with van der Waals surface area (Å²) in [5, 5.41) is 15.0. The van der Waals surface area contributed by atoms with Crippen LogP contribution in [0.15, 0.2) is 79.0 Å². The number of allylic oxidation sites excluding steroid dienone is 1. The molecular formula is C29H25N5O. The van der Waals surface area contributed by atoms with E-state index in [9.17, 15) is 5.26 Å². The highest BCUT2D eigenvalue weighted by atomic mass is 16.5. The Labute approximate surface area is 204 Å². The molecule has 5 aromatic rings. The summed E-state index contributed by atoms with van der Waals surface area (Å²) in [7, 11) is 1.93. The summed E-state index contributed by atoms with van der Waals surface area (Å²) < 4.78 is 9.47. The van der Waals surface area contributed by atoms with Crippen molar-refractivity contribution in [3.8, 4) is 28.8 Å². The number of hydrogen-bond donors (Lipinski definition) is 0. The van der Waals surface area contributed by atoms with E-state index in [1.165, 1.54) is 0 Å². The lowest BCUT2D eigenvalue weighted by atomic mass is 10.0. The van der Waals surface area contributed by atoms with Gasteiger partial charge in [0.25, 0.3) is 0 Å². The van der Waals surface area contributed by atoms with Crippen molar-refractivity contribution >= 4 is 22.7 Å². The molecule has 6 nitrogen and oxygen atoms in total. The van der Waals surface area contributed by atoms with Gasteiger partial charge in [0, 0.05) is 24.4 Å². The topological polar surface area (TPSA) is 68.7 Å². The number of aromatic nitrogens is 4. The van der Waals surface area contributed by atoms with Gasteiger partial charge >= 0.3 is 0 Å². The molecule has 0 saturated heterocycles. The first-order valence-electron chi connectivity index (χ1n) is 11.5. The number of rotatable bonds is 6. The number of benzene rings is 3. The summed E-state index contributed by atoms with van der Waals surface area (Å²) in [6, 6.07) is 26.2. The van der Waals surface area contributed by atoms with Gasteiger partial charge in [-0.05, 0) is 68.0 Å². The number of nitriles is 1. The summed E-state index contributed by atoms with van der Waals surface area (Å²) in [6.45, 7) is 4.63. The normalized spacial score (nSPS) is 11.5. The van der Waals surface area contributed by atoms with Crippen LogP contribution in [0.2, 0.25) is 0 Å². The molecule has 0 amide bonds. The van der Waals surface area contributed by atoms with E-state index >= 15 is 0 Å². The minimum Gasteiger partial charge on any atom is -0.494 e. The molecule has 0 aliphatic heterocycles. The zero-order valence-corrected chi connectivity index (χ0v) is 19.9. The van der Waals surface area contributed by atoms with Crippen LogP contribution >= 0.6 is 0 Å². The van der Waals surface area contributed by atoms with Crippen LogP contribution in [0.25, 0.3) is 39.6 Å². The number of ether oxygens (including phenoxy) is 1. The molecule has 2 heterocycles. The van der Waals surface area contributed by atoms with Gasteiger partial charge < -0.3 is 9.30 Å². The lowest BCUT2D eigenvalue weighted by molar-refractivity contribution is 0.340. The zero-order valence-electron chi connectivity index (χ0n) is 19.9. The van der Waals surface area contributed by atoms with Crippen LogP contribution in [0.5, 0.6) is 5.75 Å². The van der Waals surface area contributed by atoms with E-state index in [-0.39, 0.29) is 0 Å². The van der Waals surface area contributed by atoms with Crippen LogP contribution in [0.4, 0.5) is 0 Å². The minimum absolute atomic E-state index is 0.473. The van der Waals surface area contributed by atoms with Crippen molar-refractivity contribution in [1.82, 2.24) is 19.3 Å². The molecule has 3 aromatic carbocycles. The second-order valence-electron chi connectivity index (χ2n) is 8.28. The third-order valence-corrected chi connectivity index (χ3v) is 5.98. The molecule has 0 fully saturated rings. The van der Waals surface area contributed by atoms with E-state index in [4.69, 9.17) is 14.8 Å². The molecule has 0 bridgehead atoms. The highest BCUT2D eigenvalue weighted by molar-refractivity contribution is 5.93. The first-order chi connectivity index (χ1) is 17.1. The molecule has 0 N–H and O–H groups in total. The van der Waals surface area contributed by atoms with Gasteiger partial charge in [0.05, 0.1) is 28.9 Å². The van der Waals surface area contributed by atoms with E-state index in [1.807, 2.05) is 115 Å². The predicted molar refractivity (Wildman–Crippen MR) is 139 cm³/mol. The molecule has 0 aliphatic carbocycles. The molecule has 0 radical (unpaired) electrons. The lowest BCUT2D eigenvalue weighted by Gasteiger charge is -2.08. The summed E-state index contributed by atoms with van der Waals surface area (Å²) >= 11 is 0. The van der Waals surface area contributed by atoms with E-state index in [1.54, 1.807) is 0 Å². The number of imidazole rings is 1. The van der Waals surface area contributed by atoms with Crippen molar-refractivity contribution in [1.29, 1.82) is 5.26 Å². The molecule has 35 heavy (non-hydrogen) atoms. The van der Waals surface area contributed by atoms with E-state index in [0.29, 0.717) is 18.0 Å². The van der Waals surface area contributed by atoms with Gasteiger partial charge in [-0.1, -0.05) is 30.3 Å². The number of nitrogens with zero attached hydrogens (tertiary/aromatic N) is 5. The fraction of sp³-hybridized carbons (Fsp3) is 0.138. The van der Waals surface area contributed by atoms with Gasteiger partial charge in [-0.2, -0.15) is 10.4 Å². The van der Waals surface area contributed by atoms with Gasteiger partial charge in [0.1, 0.15) is 17.5 Å². The Kier molecular flexibility index (Phi) is 5.90. The molecule has 172 valence electrons. The SMILES string of the molecule is CCOc1ccc(-c2nn(-c3ccccc3)cc2/C=C(\C#N)c2nc3ccccc3n2C)c(C)c1. The summed E-state index contributed by atoms with van der Waals surface area (Å²) in [6.07, 6.45) is 3.83. The Morgan fingerprint density at radius 1 is 1.06 bits per heavy atom. The highest BCUT2D eigenvalue weighted by Gasteiger charge is 2.17. The largest absolute Gasteiger partial charge is 0.494 e. The Morgan fingerprint density at radius 2 is 1.83 bits per heavy atom. The maximum atomic E-state index is 10.1. The fourth-order valence-corrected chi connectivity index (χ4v) is 4.26. The van der Waals surface area contributed by atoms with Crippen LogP contribution in [0, 0.1) is 18.3 Å². The summed E-state index contributed by atoms with van der Waals surface area (Å²) in [4.78, 5) is 4.73. The van der Waals surface area contributed by atoms with E-state index in [0.717, 1.165) is 44.9 Å². The van der Waals surface area contributed by atoms with Gasteiger partial charge in [0.15, 0.2) is 5.82 Å². The number of fused-ring (bicyclic) bond motifs is 1. The quantitative estimate of drug-likeness (QED) is 0.284. The average molecular weight is 460 g/mol. The number of hydrogen-bond acceptors (Lipinski definition) is 4. The van der Waals surface area contributed by atoms with Crippen molar-refractivity contribution in [2.24, 2.45) is 7.05 Å². The Balaban J connectivity index is 1.68. The van der Waals surface area contributed by atoms with Crippen molar-refractivity contribution in [2.75, 3.05) is 6.61 Å². The molecule has 0 atom stereocenters. The summed E-state index contributed by atoms with van der Waals surface area (Å²) in [5.41, 5.74) is 6.91. The summed E-state index contributed by atoms with van der Waals surface area (Å²) in [5.74, 6) is 1.45. The van der Waals surface area contributed by atoms with E-state index < -0.39 is 0 Å². The third-order valence-electron chi connectivity index (χ3n) is 5.98. The number of para-hydroxylation sites is 3. The maximum Gasteiger partial charge on any atom is 0.151 e. The van der Waals surface area contributed by atoms with Crippen LogP contribution in [-0.2, 0) is 7.05 Å². The Morgan fingerprint density at radius 3 is 2.54 bits per heavy atom. The molecule has 0 aliphatic rings. The minimum atomic E-state index is 0.473. The smallest absolute Gasteiger partial charge is 0.151 e. The maximum absolute atomic E-state index is 10.1. The lowest BCUT2D eigenvalue weighted by Crippen LogP contribution is -1.96. The van der Waals surface area contributed by atoms with Gasteiger partial charge in [-0.25, -0.2) is 9.67 Å². The van der Waals surface area contributed by atoms with Gasteiger partial charge in [-0.3, -0.25) is 0 Å². The average Bonchev–Trinajstić information content (AvgIpc) is 3.45. The van der Waals surface area contributed by atoms with Crippen molar-refractivity contribution in [3.05, 3.63) is 95.9 Å². The molecule has 0 saturated carbocycles. The predicted octanol–water partition coefficient (Wildman–Crippen LogP) is 6.20. The molecule has 0 unspecified atom stereocenters. The number of aryl methyl sites for hydroxylation is 2. The molecule has 2 aromatic heterocycles. The second kappa shape index (κ2) is 9.32. The molecule has 5 rings (SSSR count). The molecule has 6 heteroatoms. The van der Waals surface area contributed by atoms with Crippen molar-refractivity contribution < 1.29 is 4.74 Å². The first kappa shape index (κ1) is 22.2. The Bertz CT molecular complexity index is 1580. The third kappa shape index (κ3) is 4.20. The van der Waals surface area contributed by atoms with Crippen LogP contribution < -0.4 is 4.74 Å². The van der Waals surface area contributed by atoms with Crippen molar-refractivity contribution in [3.63, 3.8) is 0 Å². The van der Waals surface area contributed by atoms with Crippen LogP contribution in [-0.4, -0.2) is 25.9 Å². The highest BCUT2D eigenvalue weighted by Crippen LogP contribution is 2.32. The van der Waals surface area contributed by atoms with Crippen molar-refractivity contribution in [2.45, 2.75) is 13.8 Å². The first-order valence-corrected chi connectivity index (χ1v) is 11.5. The van der Waals surface area contributed by atoms with E-state index in [2.05, 4.69) is 6.07 Å². The van der Waals surface area contributed by atoms with Crippen LogP contribution in [0.1, 0.15) is 23.9 Å². The monoisotopic (exact) mass is 459 g/mol.